The van der Waals surface area contributed by atoms with Crippen LogP contribution in [0.15, 0.2) is 29.9 Å². The van der Waals surface area contributed by atoms with Gasteiger partial charge in [-0.15, -0.1) is 5.10 Å². The van der Waals surface area contributed by atoms with E-state index < -0.39 is 0 Å². The van der Waals surface area contributed by atoms with E-state index in [1.165, 1.54) is 0 Å². The molecule has 2 heterocycles. The first-order valence-corrected chi connectivity index (χ1v) is 4.24. The highest BCUT2D eigenvalue weighted by Crippen LogP contribution is 2.36. The van der Waals surface area contributed by atoms with Crippen LogP contribution < -0.4 is 0 Å². The van der Waals surface area contributed by atoms with Crippen molar-refractivity contribution in [3.8, 4) is 0 Å². The van der Waals surface area contributed by atoms with Crippen LogP contribution in [-0.2, 0) is 4.79 Å². The van der Waals surface area contributed by atoms with Crippen molar-refractivity contribution < 1.29 is 4.79 Å². The number of carbonyl (C=O) groups excluding carboxylic acids is 1. The molecular weight excluding hydrogens is 180 g/mol. The second kappa shape index (κ2) is 2.47. The van der Waals surface area contributed by atoms with Crippen LogP contribution in [0.25, 0.3) is 5.57 Å². The Morgan fingerprint density at radius 1 is 1.43 bits per heavy atom. The fourth-order valence-electron chi connectivity index (χ4n) is 1.80. The summed E-state index contributed by atoms with van der Waals surface area (Å²) in [6.45, 7) is 0. The van der Waals surface area contributed by atoms with Gasteiger partial charge in [0.25, 0.3) is 0 Å². The predicted octanol–water partition coefficient (Wildman–Crippen LogP) is 0.306. The maximum atomic E-state index is 10.9. The van der Waals surface area contributed by atoms with Crippen molar-refractivity contribution in [1.29, 1.82) is 0 Å². The standard InChI is InChI=1S/C9H6N4O/c14-5-7-6-3-1-2-4-8(6)13-9(7)10-11-12-13/h1-5,8H. The number of aromatic nitrogens is 4. The fourth-order valence-corrected chi connectivity index (χ4v) is 1.80. The summed E-state index contributed by atoms with van der Waals surface area (Å²) in [5, 5.41) is 11.2. The second-order valence-corrected chi connectivity index (χ2v) is 3.12. The largest absolute Gasteiger partial charge is 0.298 e. The minimum atomic E-state index is -0.00907. The molecule has 0 radical (unpaired) electrons. The molecule has 0 fully saturated rings. The molecule has 0 bridgehead atoms. The minimum Gasteiger partial charge on any atom is -0.298 e. The Morgan fingerprint density at radius 3 is 3.21 bits per heavy atom. The van der Waals surface area contributed by atoms with Gasteiger partial charge in [-0.25, -0.2) is 4.68 Å². The SMILES string of the molecule is O=CC1=C2C=CC=CC2n2nnnc21. The minimum absolute atomic E-state index is 0.00907. The molecule has 0 saturated carbocycles. The van der Waals surface area contributed by atoms with Crippen LogP contribution in [0, 0.1) is 0 Å². The molecule has 1 atom stereocenters. The lowest BCUT2D eigenvalue weighted by Gasteiger charge is -2.10. The van der Waals surface area contributed by atoms with E-state index in [0.717, 1.165) is 11.9 Å². The van der Waals surface area contributed by atoms with Gasteiger partial charge in [-0.05, 0) is 16.0 Å². The zero-order valence-corrected chi connectivity index (χ0v) is 7.16. The van der Waals surface area contributed by atoms with Gasteiger partial charge in [0.1, 0.15) is 6.04 Å². The van der Waals surface area contributed by atoms with E-state index in [2.05, 4.69) is 15.5 Å². The quantitative estimate of drug-likeness (QED) is 0.592. The van der Waals surface area contributed by atoms with Gasteiger partial charge >= 0.3 is 0 Å². The highest BCUT2D eigenvalue weighted by Gasteiger charge is 2.31. The highest BCUT2D eigenvalue weighted by atomic mass is 16.1. The predicted molar refractivity (Wildman–Crippen MR) is 48.1 cm³/mol. The van der Waals surface area contributed by atoms with Crippen LogP contribution in [-0.4, -0.2) is 26.5 Å². The summed E-state index contributed by atoms with van der Waals surface area (Å²) in [6.07, 6.45) is 8.50. The molecular formula is C9H6N4O. The van der Waals surface area contributed by atoms with Crippen LogP contribution in [0.1, 0.15) is 11.9 Å². The Morgan fingerprint density at radius 2 is 2.36 bits per heavy atom. The summed E-state index contributed by atoms with van der Waals surface area (Å²) >= 11 is 0. The summed E-state index contributed by atoms with van der Waals surface area (Å²) in [4.78, 5) is 10.9. The van der Waals surface area contributed by atoms with Crippen LogP contribution in [0.3, 0.4) is 0 Å². The second-order valence-electron chi connectivity index (χ2n) is 3.12. The molecule has 0 amide bonds. The third kappa shape index (κ3) is 0.736. The third-order valence-corrected chi connectivity index (χ3v) is 2.42. The lowest BCUT2D eigenvalue weighted by Crippen LogP contribution is -2.07. The molecule has 1 unspecified atom stereocenters. The van der Waals surface area contributed by atoms with Gasteiger partial charge in [-0.3, -0.25) is 4.79 Å². The number of nitrogens with zero attached hydrogens (tertiary/aromatic N) is 4. The van der Waals surface area contributed by atoms with Crippen molar-refractivity contribution in [2.24, 2.45) is 0 Å². The lowest BCUT2D eigenvalue weighted by molar-refractivity contribution is -0.103. The molecule has 2 aliphatic rings. The van der Waals surface area contributed by atoms with Crippen LogP contribution in [0.5, 0.6) is 0 Å². The van der Waals surface area contributed by atoms with Crippen LogP contribution in [0.2, 0.25) is 0 Å². The molecule has 3 rings (SSSR count). The van der Waals surface area contributed by atoms with E-state index in [-0.39, 0.29) is 6.04 Å². The zero-order valence-electron chi connectivity index (χ0n) is 7.16. The summed E-state index contributed by atoms with van der Waals surface area (Å²) < 4.78 is 1.65. The molecule has 0 saturated heterocycles. The molecule has 1 aliphatic carbocycles. The molecule has 68 valence electrons. The molecule has 1 aromatic rings. The van der Waals surface area contributed by atoms with E-state index in [0.29, 0.717) is 11.4 Å². The number of fused-ring (bicyclic) bond motifs is 3. The average Bonchev–Trinajstić information content (AvgIpc) is 2.77. The Labute approximate surface area is 79.4 Å². The van der Waals surface area contributed by atoms with E-state index in [1.807, 2.05) is 24.3 Å². The first-order chi connectivity index (χ1) is 6.92. The van der Waals surface area contributed by atoms with Gasteiger partial charge in [0.05, 0.1) is 5.57 Å². The number of hydrogen-bond donors (Lipinski definition) is 0. The number of carbonyl (C=O) groups is 1. The number of hydrogen-bond acceptors (Lipinski definition) is 4. The Balaban J connectivity index is 2.30. The molecule has 0 N–H and O–H groups in total. The van der Waals surface area contributed by atoms with Gasteiger partial charge in [-0.2, -0.15) is 0 Å². The molecule has 14 heavy (non-hydrogen) atoms. The molecule has 0 spiro atoms. The van der Waals surface area contributed by atoms with Gasteiger partial charge in [0.2, 0.25) is 0 Å². The monoisotopic (exact) mass is 186 g/mol. The molecule has 0 aromatic carbocycles. The van der Waals surface area contributed by atoms with Crippen molar-refractivity contribution in [2.75, 3.05) is 0 Å². The average molecular weight is 186 g/mol. The van der Waals surface area contributed by atoms with E-state index in [1.54, 1.807) is 4.68 Å². The Hall–Kier alpha value is -2.04. The van der Waals surface area contributed by atoms with E-state index >= 15 is 0 Å². The summed E-state index contributed by atoms with van der Waals surface area (Å²) in [7, 11) is 0. The fraction of sp³-hybridized carbons (Fsp3) is 0.111. The topological polar surface area (TPSA) is 60.7 Å². The van der Waals surface area contributed by atoms with Crippen molar-refractivity contribution in [3.63, 3.8) is 0 Å². The first kappa shape index (κ1) is 7.37. The van der Waals surface area contributed by atoms with Gasteiger partial charge in [0, 0.05) is 0 Å². The summed E-state index contributed by atoms with van der Waals surface area (Å²) in [5.41, 5.74) is 1.53. The smallest absolute Gasteiger partial charge is 0.186 e. The number of aldehydes is 1. The maximum absolute atomic E-state index is 10.9. The third-order valence-electron chi connectivity index (χ3n) is 2.42. The van der Waals surface area contributed by atoms with Gasteiger partial charge in [-0.1, -0.05) is 24.3 Å². The molecule has 1 aliphatic heterocycles. The molecule has 5 nitrogen and oxygen atoms in total. The van der Waals surface area contributed by atoms with Crippen molar-refractivity contribution in [1.82, 2.24) is 20.2 Å². The van der Waals surface area contributed by atoms with Gasteiger partial charge < -0.3 is 0 Å². The maximum Gasteiger partial charge on any atom is 0.186 e. The lowest BCUT2D eigenvalue weighted by atomic mass is 10.0. The molecule has 5 heteroatoms. The Bertz CT molecular complexity index is 495. The summed E-state index contributed by atoms with van der Waals surface area (Å²) in [5.74, 6) is 0.552. The van der Waals surface area contributed by atoms with E-state index in [4.69, 9.17) is 0 Å². The van der Waals surface area contributed by atoms with Gasteiger partial charge in [0.15, 0.2) is 12.1 Å². The van der Waals surface area contributed by atoms with Crippen LogP contribution in [0.4, 0.5) is 0 Å². The summed E-state index contributed by atoms with van der Waals surface area (Å²) in [6, 6.07) is -0.00907. The van der Waals surface area contributed by atoms with Crippen molar-refractivity contribution >= 4 is 11.9 Å². The van der Waals surface area contributed by atoms with E-state index in [9.17, 15) is 4.79 Å². The van der Waals surface area contributed by atoms with Crippen LogP contribution >= 0.6 is 0 Å². The molecule has 1 aromatic heterocycles. The zero-order chi connectivity index (χ0) is 9.54. The number of rotatable bonds is 1. The Kier molecular flexibility index (Phi) is 1.30. The van der Waals surface area contributed by atoms with Crippen molar-refractivity contribution in [3.05, 3.63) is 35.7 Å². The van der Waals surface area contributed by atoms with Crippen molar-refractivity contribution in [2.45, 2.75) is 6.04 Å². The first-order valence-electron chi connectivity index (χ1n) is 4.24. The normalized spacial score (nSPS) is 22.4. The highest BCUT2D eigenvalue weighted by molar-refractivity contribution is 6.09. The number of allylic oxidation sites excluding steroid dienone is 6. The number of tetrazole rings is 1.